The predicted octanol–water partition coefficient (Wildman–Crippen LogP) is 3.73. The molecule has 0 radical (unpaired) electrons. The number of benzene rings is 2. The van der Waals surface area contributed by atoms with Gasteiger partial charge in [0.2, 0.25) is 12.5 Å². The average Bonchev–Trinajstić information content (AvgIpc) is 2.94. The predicted molar refractivity (Wildman–Crippen MR) is 72.9 cm³/mol. The second kappa shape index (κ2) is 5.41. The molecule has 1 aliphatic rings. The molecule has 0 unspecified atom stereocenters. The van der Waals surface area contributed by atoms with E-state index >= 15 is 0 Å². The molecule has 19 heavy (non-hydrogen) atoms. The Kier molecular flexibility index (Phi) is 3.47. The Morgan fingerprint density at radius 1 is 1.05 bits per heavy atom. The van der Waals surface area contributed by atoms with E-state index in [-0.39, 0.29) is 6.79 Å². The van der Waals surface area contributed by atoms with Crippen molar-refractivity contribution >= 4 is 11.6 Å². The fourth-order valence-electron chi connectivity index (χ4n) is 1.95. The van der Waals surface area contributed by atoms with E-state index in [0.29, 0.717) is 29.7 Å². The van der Waals surface area contributed by atoms with Crippen molar-refractivity contribution in [2.24, 2.45) is 0 Å². The van der Waals surface area contributed by atoms with Gasteiger partial charge in [-0.1, -0.05) is 30.3 Å². The quantitative estimate of drug-likeness (QED) is 0.797. The van der Waals surface area contributed by atoms with Crippen molar-refractivity contribution in [1.29, 1.82) is 0 Å². The molecule has 4 heteroatoms. The minimum Gasteiger partial charge on any atom is -0.485 e. The van der Waals surface area contributed by atoms with Crippen molar-refractivity contribution in [3.63, 3.8) is 0 Å². The molecule has 3 rings (SSSR count). The van der Waals surface area contributed by atoms with Gasteiger partial charge in [-0.2, -0.15) is 0 Å². The van der Waals surface area contributed by atoms with Crippen molar-refractivity contribution in [3.8, 4) is 17.2 Å². The van der Waals surface area contributed by atoms with Crippen LogP contribution in [0.15, 0.2) is 42.5 Å². The summed E-state index contributed by atoms with van der Waals surface area (Å²) in [4.78, 5) is 0. The number of fused-ring (bicyclic) bond motifs is 1. The highest BCUT2D eigenvalue weighted by Gasteiger charge is 2.20. The third-order valence-corrected chi connectivity index (χ3v) is 3.20. The highest BCUT2D eigenvalue weighted by atomic mass is 35.5. The molecule has 3 nitrogen and oxygen atoms in total. The first-order valence-electron chi connectivity index (χ1n) is 6.02. The summed E-state index contributed by atoms with van der Waals surface area (Å²) in [5.41, 5.74) is 2.06. The van der Waals surface area contributed by atoms with Gasteiger partial charge in [-0.05, 0) is 23.3 Å². The minimum absolute atomic E-state index is 0.225. The van der Waals surface area contributed by atoms with Gasteiger partial charge in [-0.25, -0.2) is 0 Å². The van der Waals surface area contributed by atoms with Crippen LogP contribution < -0.4 is 14.2 Å². The Morgan fingerprint density at radius 3 is 2.68 bits per heavy atom. The maximum absolute atomic E-state index is 5.87. The van der Waals surface area contributed by atoms with Crippen molar-refractivity contribution in [2.45, 2.75) is 12.5 Å². The number of hydrogen-bond donors (Lipinski definition) is 0. The van der Waals surface area contributed by atoms with Gasteiger partial charge >= 0.3 is 0 Å². The summed E-state index contributed by atoms with van der Waals surface area (Å²) in [6.07, 6.45) is 0. The van der Waals surface area contributed by atoms with Gasteiger partial charge in [-0.15, -0.1) is 11.6 Å². The number of alkyl halides is 1. The van der Waals surface area contributed by atoms with Crippen LogP contribution in [0.2, 0.25) is 0 Å². The summed E-state index contributed by atoms with van der Waals surface area (Å²) in [6, 6.07) is 13.8. The van der Waals surface area contributed by atoms with Crippen LogP contribution in [-0.2, 0) is 12.5 Å². The largest absolute Gasteiger partial charge is 0.485 e. The summed E-state index contributed by atoms with van der Waals surface area (Å²) in [7, 11) is 0. The van der Waals surface area contributed by atoms with Crippen molar-refractivity contribution in [3.05, 3.63) is 53.6 Å². The molecule has 0 spiro atoms. The highest BCUT2D eigenvalue weighted by molar-refractivity contribution is 6.17. The Labute approximate surface area is 116 Å². The summed E-state index contributed by atoms with van der Waals surface area (Å²) >= 11 is 5.87. The zero-order chi connectivity index (χ0) is 13.1. The maximum Gasteiger partial charge on any atom is 0.231 e. The van der Waals surface area contributed by atoms with Crippen LogP contribution in [0.5, 0.6) is 17.2 Å². The third-order valence-electron chi connectivity index (χ3n) is 2.89. The summed E-state index contributed by atoms with van der Waals surface area (Å²) in [6.45, 7) is 0.713. The van der Waals surface area contributed by atoms with Gasteiger partial charge in [0.25, 0.3) is 0 Å². The molecule has 0 aromatic heterocycles. The van der Waals surface area contributed by atoms with Crippen molar-refractivity contribution in [1.82, 2.24) is 0 Å². The molecule has 1 heterocycles. The zero-order valence-electron chi connectivity index (χ0n) is 10.3. The second-order valence-electron chi connectivity index (χ2n) is 4.24. The molecule has 0 saturated heterocycles. The monoisotopic (exact) mass is 276 g/mol. The molecule has 0 saturated carbocycles. The van der Waals surface area contributed by atoms with Gasteiger partial charge in [0.05, 0.1) is 0 Å². The number of halogens is 1. The lowest BCUT2D eigenvalue weighted by Gasteiger charge is -2.10. The molecule has 0 fully saturated rings. The van der Waals surface area contributed by atoms with Gasteiger partial charge in [0.15, 0.2) is 11.5 Å². The Hall–Kier alpha value is -1.87. The topological polar surface area (TPSA) is 27.7 Å². The van der Waals surface area contributed by atoms with E-state index in [2.05, 4.69) is 0 Å². The fraction of sp³-hybridized carbons (Fsp3) is 0.200. The first-order valence-corrected chi connectivity index (χ1v) is 6.55. The second-order valence-corrected chi connectivity index (χ2v) is 4.50. The third kappa shape index (κ3) is 2.61. The summed E-state index contributed by atoms with van der Waals surface area (Å²) in [5.74, 6) is 2.44. The van der Waals surface area contributed by atoms with Crippen LogP contribution in [0.4, 0.5) is 0 Å². The molecule has 98 valence electrons. The van der Waals surface area contributed by atoms with E-state index in [4.69, 9.17) is 25.8 Å². The molecule has 2 aromatic carbocycles. The summed E-state index contributed by atoms with van der Waals surface area (Å²) in [5, 5.41) is 0. The minimum atomic E-state index is 0.225. The van der Waals surface area contributed by atoms with Crippen LogP contribution in [0.25, 0.3) is 0 Å². The Morgan fingerprint density at radius 2 is 1.89 bits per heavy atom. The normalized spacial score (nSPS) is 12.5. The number of rotatable bonds is 4. The van der Waals surface area contributed by atoms with E-state index < -0.39 is 0 Å². The van der Waals surface area contributed by atoms with Crippen LogP contribution >= 0.6 is 11.6 Å². The van der Waals surface area contributed by atoms with Crippen LogP contribution in [-0.4, -0.2) is 6.79 Å². The Bertz CT molecular complexity index is 569. The van der Waals surface area contributed by atoms with E-state index in [1.54, 1.807) is 0 Å². The lowest BCUT2D eigenvalue weighted by Crippen LogP contribution is -1.97. The highest BCUT2D eigenvalue weighted by Crippen LogP contribution is 2.42. The Balaban J connectivity index is 1.82. The molecule has 0 amide bonds. The molecular formula is C15H13ClO3. The molecule has 2 aromatic rings. The molecule has 0 bridgehead atoms. The van der Waals surface area contributed by atoms with Crippen LogP contribution in [0.3, 0.4) is 0 Å². The lowest BCUT2D eigenvalue weighted by atomic mass is 10.2. The molecule has 0 atom stereocenters. The summed E-state index contributed by atoms with van der Waals surface area (Å²) < 4.78 is 16.6. The molecule has 0 aliphatic carbocycles. The standard InChI is InChI=1S/C15H13ClO3/c16-8-12-6-13(15-14(7-12)18-10-19-15)17-9-11-4-2-1-3-5-11/h1-7H,8-10H2. The average molecular weight is 277 g/mol. The molecule has 1 aliphatic heterocycles. The smallest absolute Gasteiger partial charge is 0.231 e. The van der Waals surface area contributed by atoms with E-state index in [0.717, 1.165) is 11.1 Å². The lowest BCUT2D eigenvalue weighted by molar-refractivity contribution is 0.169. The first kappa shape index (κ1) is 12.2. The maximum atomic E-state index is 5.87. The fourth-order valence-corrected chi connectivity index (χ4v) is 2.11. The first-order chi connectivity index (χ1) is 9.36. The van der Waals surface area contributed by atoms with Crippen LogP contribution in [0, 0.1) is 0 Å². The number of hydrogen-bond acceptors (Lipinski definition) is 3. The van der Waals surface area contributed by atoms with Crippen molar-refractivity contribution in [2.75, 3.05) is 6.79 Å². The molecular weight excluding hydrogens is 264 g/mol. The van der Waals surface area contributed by atoms with E-state index in [1.807, 2.05) is 42.5 Å². The van der Waals surface area contributed by atoms with E-state index in [9.17, 15) is 0 Å². The number of ether oxygens (including phenoxy) is 3. The van der Waals surface area contributed by atoms with Gasteiger partial charge < -0.3 is 14.2 Å². The van der Waals surface area contributed by atoms with Crippen LogP contribution in [0.1, 0.15) is 11.1 Å². The van der Waals surface area contributed by atoms with Gasteiger partial charge in [0, 0.05) is 5.88 Å². The van der Waals surface area contributed by atoms with E-state index in [1.165, 1.54) is 0 Å². The molecule has 0 N–H and O–H groups in total. The SMILES string of the molecule is ClCc1cc2c(c(OCc3ccccc3)c1)OCO2. The zero-order valence-corrected chi connectivity index (χ0v) is 11.0. The van der Waals surface area contributed by atoms with Gasteiger partial charge in [-0.3, -0.25) is 0 Å². The van der Waals surface area contributed by atoms with Gasteiger partial charge in [0.1, 0.15) is 6.61 Å². The van der Waals surface area contributed by atoms with Crippen molar-refractivity contribution < 1.29 is 14.2 Å².